The van der Waals surface area contributed by atoms with E-state index in [1.807, 2.05) is 6.92 Å². The van der Waals surface area contributed by atoms with Crippen LogP contribution in [0.1, 0.15) is 11.9 Å². The van der Waals surface area contributed by atoms with Crippen LogP contribution in [0.4, 0.5) is 10.9 Å². The maximum absolute atomic E-state index is 12.0. The number of nitrogens with two attached hydrogens (primary N) is 1. The first kappa shape index (κ1) is 12.7. The lowest BCUT2D eigenvalue weighted by Crippen LogP contribution is -2.13. The molecule has 3 N–H and O–H groups in total. The van der Waals surface area contributed by atoms with Crippen molar-refractivity contribution in [3.8, 4) is 0 Å². The molecule has 0 amide bonds. The highest BCUT2D eigenvalue weighted by atomic mass is 32.2. The second-order valence-electron chi connectivity index (χ2n) is 3.38. The SMILES string of the molecule is CCc1nnc(NS(=O)(=O)c2ccnc(N)c2)s1. The van der Waals surface area contributed by atoms with Crippen LogP contribution in [0.15, 0.2) is 23.2 Å². The minimum Gasteiger partial charge on any atom is -0.384 e. The Morgan fingerprint density at radius 2 is 2.22 bits per heavy atom. The molecular weight excluding hydrogens is 274 g/mol. The van der Waals surface area contributed by atoms with E-state index in [0.717, 1.165) is 5.01 Å². The lowest BCUT2D eigenvalue weighted by molar-refractivity contribution is 0.601. The summed E-state index contributed by atoms with van der Waals surface area (Å²) < 4.78 is 26.3. The number of aryl methyl sites for hydroxylation is 1. The Balaban J connectivity index is 2.27. The molecule has 0 saturated heterocycles. The molecule has 2 aromatic heterocycles. The smallest absolute Gasteiger partial charge is 0.263 e. The van der Waals surface area contributed by atoms with Crippen LogP contribution in [0.5, 0.6) is 0 Å². The van der Waals surface area contributed by atoms with Crippen LogP contribution in [-0.2, 0) is 16.4 Å². The van der Waals surface area contributed by atoms with Gasteiger partial charge in [0.05, 0.1) is 4.90 Å². The number of anilines is 2. The topological polar surface area (TPSA) is 111 Å². The number of sulfonamides is 1. The molecule has 0 saturated carbocycles. The van der Waals surface area contributed by atoms with E-state index in [2.05, 4.69) is 19.9 Å². The zero-order valence-electron chi connectivity index (χ0n) is 9.49. The standard InChI is InChI=1S/C9H11N5O2S2/c1-2-8-12-13-9(17-8)14-18(15,16)6-3-4-11-7(10)5-6/h3-5H,2H2,1H3,(H2,10,11)(H,13,14). The highest BCUT2D eigenvalue weighted by Gasteiger charge is 2.17. The summed E-state index contributed by atoms with van der Waals surface area (Å²) in [6.07, 6.45) is 2.04. The van der Waals surface area contributed by atoms with Gasteiger partial charge in [-0.1, -0.05) is 18.3 Å². The zero-order valence-corrected chi connectivity index (χ0v) is 11.1. The summed E-state index contributed by atoms with van der Waals surface area (Å²) in [5.74, 6) is 0.143. The Hall–Kier alpha value is -1.74. The van der Waals surface area contributed by atoms with Crippen molar-refractivity contribution in [1.29, 1.82) is 0 Å². The quantitative estimate of drug-likeness (QED) is 0.862. The fourth-order valence-corrected chi connectivity index (χ4v) is 3.14. The Kier molecular flexibility index (Phi) is 3.43. The highest BCUT2D eigenvalue weighted by Crippen LogP contribution is 2.20. The number of nitrogens with one attached hydrogen (secondary N) is 1. The van der Waals surface area contributed by atoms with Crippen LogP contribution in [0.3, 0.4) is 0 Å². The Labute approximate surface area is 108 Å². The number of pyridine rings is 1. The van der Waals surface area contributed by atoms with Gasteiger partial charge in [0.2, 0.25) is 5.13 Å². The molecule has 2 aromatic rings. The number of hydrogen-bond acceptors (Lipinski definition) is 7. The Bertz CT molecular complexity index is 652. The Morgan fingerprint density at radius 3 is 2.83 bits per heavy atom. The summed E-state index contributed by atoms with van der Waals surface area (Å²) in [7, 11) is -3.69. The van der Waals surface area contributed by atoms with Crippen molar-refractivity contribution in [3.05, 3.63) is 23.3 Å². The van der Waals surface area contributed by atoms with Gasteiger partial charge in [-0.3, -0.25) is 4.72 Å². The average Bonchev–Trinajstić information content (AvgIpc) is 2.76. The first-order chi connectivity index (χ1) is 8.51. The van der Waals surface area contributed by atoms with E-state index in [1.54, 1.807) is 0 Å². The summed E-state index contributed by atoms with van der Waals surface area (Å²) in [6.45, 7) is 1.92. The van der Waals surface area contributed by atoms with Crippen LogP contribution in [0.25, 0.3) is 0 Å². The van der Waals surface area contributed by atoms with Crippen molar-refractivity contribution in [3.63, 3.8) is 0 Å². The molecule has 0 bridgehead atoms. The van der Waals surface area contributed by atoms with Crippen molar-refractivity contribution >= 4 is 32.3 Å². The third-order valence-corrected chi connectivity index (χ3v) is 4.50. The van der Waals surface area contributed by atoms with Gasteiger partial charge in [0, 0.05) is 12.3 Å². The van der Waals surface area contributed by atoms with Gasteiger partial charge in [-0.2, -0.15) is 0 Å². The summed E-state index contributed by atoms with van der Waals surface area (Å²) in [4.78, 5) is 3.78. The second-order valence-corrected chi connectivity index (χ2v) is 6.12. The Morgan fingerprint density at radius 1 is 1.44 bits per heavy atom. The molecule has 0 aliphatic carbocycles. The van der Waals surface area contributed by atoms with E-state index in [1.165, 1.54) is 29.7 Å². The van der Waals surface area contributed by atoms with E-state index in [-0.39, 0.29) is 15.8 Å². The molecule has 0 aliphatic rings. The van der Waals surface area contributed by atoms with Gasteiger partial charge in [-0.05, 0) is 12.5 Å². The summed E-state index contributed by atoms with van der Waals surface area (Å²) in [5.41, 5.74) is 5.45. The van der Waals surface area contributed by atoms with Crippen LogP contribution in [0.2, 0.25) is 0 Å². The number of aromatic nitrogens is 3. The average molecular weight is 285 g/mol. The number of nitrogens with zero attached hydrogens (tertiary/aromatic N) is 3. The van der Waals surface area contributed by atoms with Crippen LogP contribution < -0.4 is 10.5 Å². The van der Waals surface area contributed by atoms with Gasteiger partial charge in [0.15, 0.2) is 0 Å². The minimum atomic E-state index is -3.69. The summed E-state index contributed by atoms with van der Waals surface area (Å²) >= 11 is 1.20. The molecule has 7 nitrogen and oxygen atoms in total. The molecule has 0 unspecified atom stereocenters. The van der Waals surface area contributed by atoms with Crippen molar-refractivity contribution < 1.29 is 8.42 Å². The fourth-order valence-electron chi connectivity index (χ4n) is 1.21. The third-order valence-electron chi connectivity index (χ3n) is 2.05. The molecule has 2 rings (SSSR count). The largest absolute Gasteiger partial charge is 0.384 e. The maximum Gasteiger partial charge on any atom is 0.263 e. The van der Waals surface area contributed by atoms with Gasteiger partial charge in [0.25, 0.3) is 10.0 Å². The third kappa shape index (κ3) is 2.74. The molecule has 96 valence electrons. The van der Waals surface area contributed by atoms with Gasteiger partial charge in [-0.15, -0.1) is 10.2 Å². The second kappa shape index (κ2) is 4.86. The van der Waals surface area contributed by atoms with Crippen LogP contribution in [0, 0.1) is 0 Å². The zero-order chi connectivity index (χ0) is 13.2. The van der Waals surface area contributed by atoms with Crippen LogP contribution >= 0.6 is 11.3 Å². The fraction of sp³-hybridized carbons (Fsp3) is 0.222. The maximum atomic E-state index is 12.0. The number of nitrogen functional groups attached to an aromatic ring is 1. The minimum absolute atomic E-state index is 0.0447. The van der Waals surface area contributed by atoms with E-state index >= 15 is 0 Å². The molecule has 0 atom stereocenters. The lowest BCUT2D eigenvalue weighted by atomic mass is 10.5. The van der Waals surface area contributed by atoms with Gasteiger partial charge >= 0.3 is 0 Å². The molecule has 0 aliphatic heterocycles. The van der Waals surface area contributed by atoms with Gasteiger partial charge in [-0.25, -0.2) is 13.4 Å². The van der Waals surface area contributed by atoms with Gasteiger partial charge < -0.3 is 5.73 Å². The summed E-state index contributed by atoms with van der Waals surface area (Å²) in [6, 6.07) is 2.64. The molecule has 18 heavy (non-hydrogen) atoms. The first-order valence-corrected chi connectivity index (χ1v) is 7.38. The molecule has 0 aromatic carbocycles. The van der Waals surface area contributed by atoms with Crippen molar-refractivity contribution in [2.75, 3.05) is 10.5 Å². The van der Waals surface area contributed by atoms with E-state index < -0.39 is 10.0 Å². The predicted molar refractivity (Wildman–Crippen MR) is 68.7 cm³/mol. The van der Waals surface area contributed by atoms with Gasteiger partial charge in [0.1, 0.15) is 10.8 Å². The van der Waals surface area contributed by atoms with E-state index in [9.17, 15) is 8.42 Å². The normalized spacial score (nSPS) is 11.4. The van der Waals surface area contributed by atoms with Crippen molar-refractivity contribution in [2.24, 2.45) is 0 Å². The molecule has 0 fully saturated rings. The molecule has 0 spiro atoms. The molecule has 2 heterocycles. The van der Waals surface area contributed by atoms with E-state index in [4.69, 9.17) is 5.73 Å². The van der Waals surface area contributed by atoms with Crippen molar-refractivity contribution in [2.45, 2.75) is 18.2 Å². The number of hydrogen-bond donors (Lipinski definition) is 2. The predicted octanol–water partition coefficient (Wildman–Crippen LogP) is 0.879. The summed E-state index contributed by atoms with van der Waals surface area (Å²) in [5, 5.41) is 8.59. The number of rotatable bonds is 4. The monoisotopic (exact) mass is 285 g/mol. The molecule has 9 heteroatoms. The lowest BCUT2D eigenvalue weighted by Gasteiger charge is -2.04. The van der Waals surface area contributed by atoms with Crippen molar-refractivity contribution in [1.82, 2.24) is 15.2 Å². The molecular formula is C9H11N5O2S2. The first-order valence-electron chi connectivity index (χ1n) is 5.08. The molecule has 0 radical (unpaired) electrons. The van der Waals surface area contributed by atoms with E-state index in [0.29, 0.717) is 6.42 Å². The van der Waals surface area contributed by atoms with Crippen LogP contribution in [-0.4, -0.2) is 23.6 Å². The highest BCUT2D eigenvalue weighted by molar-refractivity contribution is 7.93.